The summed E-state index contributed by atoms with van der Waals surface area (Å²) in [4.78, 5) is 0. The number of ether oxygens (including phenoxy) is 2. The van der Waals surface area contributed by atoms with Crippen molar-refractivity contribution in [3.05, 3.63) is 12.2 Å². The van der Waals surface area contributed by atoms with Crippen molar-refractivity contribution in [1.29, 1.82) is 0 Å². The van der Waals surface area contributed by atoms with E-state index in [4.69, 9.17) is 9.47 Å². The van der Waals surface area contributed by atoms with Gasteiger partial charge in [0.05, 0.1) is 13.2 Å². The molecule has 172 valence electrons. The monoisotopic (exact) mass is 414 g/mol. The van der Waals surface area contributed by atoms with E-state index in [0.717, 1.165) is 12.8 Å². The Bertz CT molecular complexity index is 385. The number of hydrogen-bond acceptors (Lipinski definition) is 5. The third-order valence-electron chi connectivity index (χ3n) is 5.72. The van der Waals surface area contributed by atoms with Gasteiger partial charge in [-0.15, -0.1) is 0 Å². The van der Waals surface area contributed by atoms with Crippen LogP contribution >= 0.6 is 0 Å². The molecule has 0 aromatic heterocycles. The summed E-state index contributed by atoms with van der Waals surface area (Å²) >= 11 is 0. The van der Waals surface area contributed by atoms with Gasteiger partial charge < -0.3 is 24.8 Å². The van der Waals surface area contributed by atoms with E-state index in [9.17, 15) is 15.3 Å². The van der Waals surface area contributed by atoms with Crippen LogP contribution in [0.25, 0.3) is 0 Å². The molecule has 0 aromatic carbocycles. The zero-order chi connectivity index (χ0) is 21.2. The smallest absolute Gasteiger partial charge is 0.114 e. The van der Waals surface area contributed by atoms with Crippen molar-refractivity contribution in [2.45, 2.75) is 121 Å². The quantitative estimate of drug-likeness (QED) is 0.227. The number of aliphatic hydroxyl groups is 3. The molecule has 5 heteroatoms. The largest absolute Gasteiger partial charge is 0.394 e. The molecule has 0 bridgehead atoms. The lowest BCUT2D eigenvalue weighted by Gasteiger charge is -2.37. The molecule has 0 radical (unpaired) electrons. The second-order valence-electron chi connectivity index (χ2n) is 8.39. The highest BCUT2D eigenvalue weighted by atomic mass is 16.6. The van der Waals surface area contributed by atoms with Gasteiger partial charge in [0, 0.05) is 6.61 Å². The second-order valence-corrected chi connectivity index (χ2v) is 8.39. The highest BCUT2D eigenvalue weighted by molar-refractivity contribution is 4.87. The predicted octanol–water partition coefficient (Wildman–Crippen LogP) is 4.52. The van der Waals surface area contributed by atoms with Crippen LogP contribution in [0, 0.1) is 0 Å². The fourth-order valence-electron chi connectivity index (χ4n) is 3.79. The average molecular weight is 415 g/mol. The minimum absolute atomic E-state index is 0.0437. The van der Waals surface area contributed by atoms with Crippen LogP contribution < -0.4 is 0 Å². The Morgan fingerprint density at radius 1 is 0.828 bits per heavy atom. The minimum atomic E-state index is -0.988. The Morgan fingerprint density at radius 2 is 1.38 bits per heavy atom. The van der Waals surface area contributed by atoms with Gasteiger partial charge in [-0.05, 0) is 32.1 Å². The third kappa shape index (κ3) is 12.7. The first-order valence-corrected chi connectivity index (χ1v) is 12.1. The van der Waals surface area contributed by atoms with Crippen molar-refractivity contribution >= 4 is 0 Å². The molecule has 0 aromatic rings. The number of rotatable bonds is 18. The molecule has 0 aliphatic carbocycles. The van der Waals surface area contributed by atoms with E-state index < -0.39 is 24.4 Å². The zero-order valence-corrected chi connectivity index (χ0v) is 18.6. The highest BCUT2D eigenvalue weighted by Crippen LogP contribution is 2.19. The molecule has 1 fully saturated rings. The standard InChI is InChI=1S/C24H46O5/c1-2-3-4-5-6-7-8-9-10-11-12-13-14-15-16-17-18-28-24-22(19-25)29-20-21(26)23(24)27/h6-7,21-27H,2-5,8-20H2,1H3/b7-6+/t21-,22+,23+,24+/m1/s1. The van der Waals surface area contributed by atoms with Gasteiger partial charge in [0.2, 0.25) is 0 Å². The fraction of sp³-hybridized carbons (Fsp3) is 0.917. The van der Waals surface area contributed by atoms with Crippen molar-refractivity contribution in [3.8, 4) is 0 Å². The van der Waals surface area contributed by atoms with Crippen LogP contribution in [0.15, 0.2) is 12.2 Å². The first-order valence-electron chi connectivity index (χ1n) is 12.1. The Balaban J connectivity index is 1.86. The molecule has 29 heavy (non-hydrogen) atoms. The van der Waals surface area contributed by atoms with Crippen LogP contribution in [0.5, 0.6) is 0 Å². The van der Waals surface area contributed by atoms with E-state index in [2.05, 4.69) is 19.1 Å². The third-order valence-corrected chi connectivity index (χ3v) is 5.72. The van der Waals surface area contributed by atoms with Gasteiger partial charge in [0.1, 0.15) is 24.4 Å². The molecule has 0 amide bonds. The zero-order valence-electron chi connectivity index (χ0n) is 18.6. The predicted molar refractivity (Wildman–Crippen MR) is 118 cm³/mol. The van der Waals surface area contributed by atoms with Gasteiger partial charge in [0.25, 0.3) is 0 Å². The molecule has 1 heterocycles. The molecule has 5 nitrogen and oxygen atoms in total. The van der Waals surface area contributed by atoms with Crippen LogP contribution in [0.4, 0.5) is 0 Å². The topological polar surface area (TPSA) is 79.2 Å². The Kier molecular flexibility index (Phi) is 16.8. The molecule has 0 saturated carbocycles. The second kappa shape index (κ2) is 18.3. The molecule has 0 spiro atoms. The van der Waals surface area contributed by atoms with E-state index in [1.54, 1.807) is 0 Å². The molecule has 1 rings (SSSR count). The van der Waals surface area contributed by atoms with E-state index in [0.29, 0.717) is 6.61 Å². The van der Waals surface area contributed by atoms with E-state index >= 15 is 0 Å². The van der Waals surface area contributed by atoms with Crippen LogP contribution in [0.1, 0.15) is 96.8 Å². The van der Waals surface area contributed by atoms with Crippen LogP contribution in [-0.2, 0) is 9.47 Å². The van der Waals surface area contributed by atoms with Gasteiger partial charge in [-0.1, -0.05) is 76.9 Å². The summed E-state index contributed by atoms with van der Waals surface area (Å²) in [5.41, 5.74) is 0. The lowest BCUT2D eigenvalue weighted by atomic mass is 10.0. The van der Waals surface area contributed by atoms with Crippen molar-refractivity contribution in [3.63, 3.8) is 0 Å². The fourth-order valence-corrected chi connectivity index (χ4v) is 3.79. The number of hydrogen-bond donors (Lipinski definition) is 3. The molecule has 4 atom stereocenters. The maximum Gasteiger partial charge on any atom is 0.114 e. The van der Waals surface area contributed by atoms with E-state index in [1.165, 1.54) is 77.0 Å². The van der Waals surface area contributed by atoms with Crippen LogP contribution in [0.3, 0.4) is 0 Å². The number of unbranched alkanes of at least 4 members (excludes halogenated alkanes) is 12. The highest BCUT2D eigenvalue weighted by Gasteiger charge is 2.39. The summed E-state index contributed by atoms with van der Waals surface area (Å²) < 4.78 is 11.0. The van der Waals surface area contributed by atoms with Crippen molar-refractivity contribution < 1.29 is 24.8 Å². The Labute approximate surface area is 178 Å². The molecule has 1 aliphatic rings. The van der Waals surface area contributed by atoms with E-state index in [-0.39, 0.29) is 13.2 Å². The van der Waals surface area contributed by atoms with Crippen molar-refractivity contribution in [2.75, 3.05) is 19.8 Å². The minimum Gasteiger partial charge on any atom is -0.394 e. The molecular formula is C24H46O5. The molecular weight excluding hydrogens is 368 g/mol. The summed E-state index contributed by atoms with van der Waals surface area (Å²) in [5, 5.41) is 29.0. The maximum atomic E-state index is 10.0. The normalized spacial score (nSPS) is 25.1. The number of aliphatic hydroxyl groups excluding tert-OH is 3. The lowest BCUT2D eigenvalue weighted by Crippen LogP contribution is -2.55. The average Bonchev–Trinajstić information content (AvgIpc) is 2.73. The molecule has 1 aliphatic heterocycles. The van der Waals surface area contributed by atoms with Crippen molar-refractivity contribution in [1.82, 2.24) is 0 Å². The van der Waals surface area contributed by atoms with Gasteiger partial charge in [0.15, 0.2) is 0 Å². The van der Waals surface area contributed by atoms with E-state index in [1.807, 2.05) is 0 Å². The summed E-state index contributed by atoms with van der Waals surface area (Å²) in [6, 6.07) is 0. The SMILES string of the molecule is CCCCC/C=C/CCCCCCCCCCCO[C@@H]1[C@@H](O)[C@H](O)CO[C@H]1CO. The van der Waals surface area contributed by atoms with Crippen LogP contribution in [0.2, 0.25) is 0 Å². The molecule has 1 saturated heterocycles. The van der Waals surface area contributed by atoms with Crippen LogP contribution in [-0.4, -0.2) is 59.6 Å². The Hall–Kier alpha value is -0.460. The van der Waals surface area contributed by atoms with Gasteiger partial charge in [-0.2, -0.15) is 0 Å². The van der Waals surface area contributed by atoms with Gasteiger partial charge >= 0.3 is 0 Å². The van der Waals surface area contributed by atoms with Gasteiger partial charge in [-0.25, -0.2) is 0 Å². The Morgan fingerprint density at radius 3 is 1.97 bits per heavy atom. The lowest BCUT2D eigenvalue weighted by molar-refractivity contribution is -0.211. The maximum absolute atomic E-state index is 10.0. The summed E-state index contributed by atoms with van der Waals surface area (Å²) in [5.74, 6) is 0. The van der Waals surface area contributed by atoms with Crippen molar-refractivity contribution in [2.24, 2.45) is 0 Å². The summed E-state index contributed by atoms with van der Waals surface area (Å²) in [7, 11) is 0. The first kappa shape index (κ1) is 26.6. The molecule has 3 N–H and O–H groups in total. The van der Waals surface area contributed by atoms with Gasteiger partial charge in [-0.3, -0.25) is 0 Å². The summed E-state index contributed by atoms with van der Waals surface area (Å²) in [6.45, 7) is 2.62. The first-order chi connectivity index (χ1) is 14.2. The molecule has 0 unspecified atom stereocenters. The summed E-state index contributed by atoms with van der Waals surface area (Å²) in [6.07, 6.45) is 19.2. The number of allylic oxidation sites excluding steroid dienone is 2.